The van der Waals surface area contributed by atoms with E-state index in [9.17, 15) is 0 Å². The van der Waals surface area contributed by atoms with Crippen molar-refractivity contribution in [3.63, 3.8) is 0 Å². The van der Waals surface area contributed by atoms with Crippen LogP contribution in [0.15, 0.2) is 18.5 Å². The highest BCUT2D eigenvalue weighted by atomic mass is 32.1. The molecule has 1 unspecified atom stereocenters. The first-order valence-corrected chi connectivity index (χ1v) is 6.42. The zero-order chi connectivity index (χ0) is 12.4. The van der Waals surface area contributed by atoms with E-state index < -0.39 is 0 Å². The summed E-state index contributed by atoms with van der Waals surface area (Å²) in [5.74, 6) is 0. The minimum Gasteiger partial charge on any atom is -0.458 e. The molecule has 2 N–H and O–H groups in total. The van der Waals surface area contributed by atoms with E-state index in [0.717, 1.165) is 23.6 Å². The summed E-state index contributed by atoms with van der Waals surface area (Å²) in [7, 11) is 0. The van der Waals surface area contributed by atoms with Crippen LogP contribution in [0, 0.1) is 0 Å². The lowest BCUT2D eigenvalue weighted by molar-refractivity contribution is 0.134. The summed E-state index contributed by atoms with van der Waals surface area (Å²) in [4.78, 5) is 13.4. The zero-order valence-corrected chi connectivity index (χ0v) is 10.4. The van der Waals surface area contributed by atoms with Gasteiger partial charge in [-0.25, -0.2) is 9.97 Å². The van der Waals surface area contributed by atoms with Crippen molar-refractivity contribution in [2.75, 3.05) is 18.9 Å². The van der Waals surface area contributed by atoms with Crippen molar-refractivity contribution in [1.82, 2.24) is 15.0 Å². The maximum atomic E-state index is 5.65. The van der Waals surface area contributed by atoms with E-state index >= 15 is 0 Å². The molecule has 2 aromatic heterocycles. The summed E-state index contributed by atoms with van der Waals surface area (Å²) in [6, 6.07) is 2.18. The van der Waals surface area contributed by atoms with Gasteiger partial charge in [0, 0.05) is 18.8 Å². The van der Waals surface area contributed by atoms with Gasteiger partial charge in [0.15, 0.2) is 5.13 Å². The molecule has 7 heteroatoms. The predicted molar refractivity (Wildman–Crippen MR) is 67.4 cm³/mol. The van der Waals surface area contributed by atoms with Gasteiger partial charge in [0.05, 0.1) is 23.8 Å². The fourth-order valence-corrected chi connectivity index (χ4v) is 2.35. The first kappa shape index (κ1) is 11.4. The number of nitrogen functional groups attached to an aromatic ring is 1. The minimum atomic E-state index is 0.0479. The lowest BCUT2D eigenvalue weighted by Gasteiger charge is -2.09. The Labute approximate surface area is 108 Å². The Morgan fingerprint density at radius 2 is 2.39 bits per heavy atom. The molecule has 94 valence electrons. The van der Waals surface area contributed by atoms with Crippen LogP contribution in [0.2, 0.25) is 0 Å². The van der Waals surface area contributed by atoms with Crippen molar-refractivity contribution in [3.05, 3.63) is 18.5 Å². The van der Waals surface area contributed by atoms with Gasteiger partial charge >= 0.3 is 6.01 Å². The van der Waals surface area contributed by atoms with Gasteiger partial charge in [-0.15, -0.1) is 0 Å². The van der Waals surface area contributed by atoms with Crippen molar-refractivity contribution < 1.29 is 9.47 Å². The molecule has 1 fully saturated rings. The van der Waals surface area contributed by atoms with Gasteiger partial charge in [-0.2, -0.15) is 4.98 Å². The Morgan fingerprint density at radius 3 is 3.11 bits per heavy atom. The largest absolute Gasteiger partial charge is 0.458 e. The first-order chi connectivity index (χ1) is 8.81. The molecular weight excluding hydrogens is 252 g/mol. The molecule has 1 saturated heterocycles. The van der Waals surface area contributed by atoms with Crippen molar-refractivity contribution in [2.45, 2.75) is 12.5 Å². The van der Waals surface area contributed by atoms with Crippen LogP contribution in [0.1, 0.15) is 6.42 Å². The smallest absolute Gasteiger partial charge is 0.317 e. The van der Waals surface area contributed by atoms with Crippen molar-refractivity contribution >= 4 is 16.5 Å². The third-order valence-electron chi connectivity index (χ3n) is 2.57. The van der Waals surface area contributed by atoms with Crippen LogP contribution in [-0.2, 0) is 4.74 Å². The monoisotopic (exact) mass is 264 g/mol. The number of rotatable bonds is 3. The number of ether oxygens (including phenoxy) is 2. The number of nitrogens with two attached hydrogens (primary N) is 1. The number of hydrogen-bond acceptors (Lipinski definition) is 7. The SMILES string of the molecule is Nc1ncc(-c2ccnc(OC3CCOC3)n2)s1. The van der Waals surface area contributed by atoms with E-state index in [1.165, 1.54) is 11.3 Å². The summed E-state index contributed by atoms with van der Waals surface area (Å²) in [5.41, 5.74) is 6.37. The second-order valence-electron chi connectivity index (χ2n) is 3.89. The highest BCUT2D eigenvalue weighted by molar-refractivity contribution is 7.18. The van der Waals surface area contributed by atoms with Crippen LogP contribution in [0.5, 0.6) is 6.01 Å². The van der Waals surface area contributed by atoms with Crippen LogP contribution >= 0.6 is 11.3 Å². The molecular formula is C11H12N4O2S. The quantitative estimate of drug-likeness (QED) is 0.901. The first-order valence-electron chi connectivity index (χ1n) is 5.60. The average molecular weight is 264 g/mol. The third-order valence-corrected chi connectivity index (χ3v) is 3.42. The number of anilines is 1. The summed E-state index contributed by atoms with van der Waals surface area (Å²) in [6.45, 7) is 1.33. The van der Waals surface area contributed by atoms with E-state index in [-0.39, 0.29) is 6.10 Å². The molecule has 0 radical (unpaired) electrons. The highest BCUT2D eigenvalue weighted by Crippen LogP contribution is 2.26. The van der Waals surface area contributed by atoms with E-state index in [0.29, 0.717) is 17.7 Å². The number of thiazole rings is 1. The second-order valence-corrected chi connectivity index (χ2v) is 4.95. The molecule has 0 bridgehead atoms. The Hall–Kier alpha value is -1.73. The fraction of sp³-hybridized carbons (Fsp3) is 0.364. The van der Waals surface area contributed by atoms with E-state index in [4.69, 9.17) is 15.2 Å². The highest BCUT2D eigenvalue weighted by Gasteiger charge is 2.18. The van der Waals surface area contributed by atoms with Crippen LogP contribution in [0.25, 0.3) is 10.6 Å². The molecule has 0 aliphatic carbocycles. The summed E-state index contributed by atoms with van der Waals surface area (Å²) < 4.78 is 10.9. The van der Waals surface area contributed by atoms with Gasteiger partial charge in [0.1, 0.15) is 6.10 Å². The lowest BCUT2D eigenvalue weighted by atomic mass is 10.3. The normalized spacial score (nSPS) is 19.0. The Bertz CT molecular complexity index is 539. The molecule has 18 heavy (non-hydrogen) atoms. The molecule has 3 heterocycles. The van der Waals surface area contributed by atoms with Crippen LogP contribution < -0.4 is 10.5 Å². The van der Waals surface area contributed by atoms with Crippen LogP contribution in [0.3, 0.4) is 0 Å². The topological polar surface area (TPSA) is 83.2 Å². The van der Waals surface area contributed by atoms with Crippen molar-refractivity contribution in [2.24, 2.45) is 0 Å². The van der Waals surface area contributed by atoms with Gasteiger partial charge in [-0.3, -0.25) is 0 Å². The number of hydrogen-bond donors (Lipinski definition) is 1. The maximum absolute atomic E-state index is 5.65. The maximum Gasteiger partial charge on any atom is 0.317 e. The van der Waals surface area contributed by atoms with Crippen LogP contribution in [0.4, 0.5) is 5.13 Å². The van der Waals surface area contributed by atoms with Gasteiger partial charge in [0.2, 0.25) is 0 Å². The van der Waals surface area contributed by atoms with E-state index in [2.05, 4.69) is 15.0 Å². The van der Waals surface area contributed by atoms with E-state index in [1.807, 2.05) is 6.07 Å². The minimum absolute atomic E-state index is 0.0479. The van der Waals surface area contributed by atoms with Gasteiger partial charge in [0.25, 0.3) is 0 Å². The number of nitrogens with zero attached hydrogens (tertiary/aromatic N) is 3. The van der Waals surface area contributed by atoms with Crippen molar-refractivity contribution in [3.8, 4) is 16.6 Å². The zero-order valence-electron chi connectivity index (χ0n) is 9.57. The molecule has 2 aromatic rings. The Kier molecular flexibility index (Phi) is 3.07. The molecule has 1 atom stereocenters. The predicted octanol–water partition coefficient (Wildman–Crippen LogP) is 1.35. The summed E-state index contributed by atoms with van der Waals surface area (Å²) >= 11 is 1.39. The lowest BCUT2D eigenvalue weighted by Crippen LogP contribution is -2.17. The van der Waals surface area contributed by atoms with Crippen molar-refractivity contribution in [1.29, 1.82) is 0 Å². The van der Waals surface area contributed by atoms with Crippen LogP contribution in [-0.4, -0.2) is 34.3 Å². The molecule has 6 nitrogen and oxygen atoms in total. The molecule has 0 aromatic carbocycles. The number of aromatic nitrogens is 3. The summed E-state index contributed by atoms with van der Waals surface area (Å²) in [5, 5.41) is 0.523. The van der Waals surface area contributed by atoms with Gasteiger partial charge in [-0.05, 0) is 6.07 Å². The molecule has 1 aliphatic heterocycles. The van der Waals surface area contributed by atoms with E-state index in [1.54, 1.807) is 12.4 Å². The average Bonchev–Trinajstić information content (AvgIpc) is 3.01. The summed E-state index contributed by atoms with van der Waals surface area (Å²) in [6.07, 6.45) is 4.29. The molecule has 0 saturated carbocycles. The van der Waals surface area contributed by atoms with Gasteiger partial charge < -0.3 is 15.2 Å². The standard InChI is InChI=1S/C11H12N4O2S/c12-10-14-5-9(18-10)8-1-3-13-11(15-8)17-7-2-4-16-6-7/h1,3,5,7H,2,4,6H2,(H2,12,14). The Balaban J connectivity index is 1.80. The second kappa shape index (κ2) is 4.87. The molecule has 3 rings (SSSR count). The molecule has 1 aliphatic rings. The van der Waals surface area contributed by atoms with Gasteiger partial charge in [-0.1, -0.05) is 11.3 Å². The fourth-order valence-electron chi connectivity index (χ4n) is 1.70. The molecule has 0 amide bonds. The third kappa shape index (κ3) is 2.41. The molecule has 0 spiro atoms. The Morgan fingerprint density at radius 1 is 1.44 bits per heavy atom.